The minimum Gasteiger partial charge on any atom is -0.308 e. The Morgan fingerprint density at radius 2 is 2.00 bits per heavy atom. The monoisotopic (exact) mass is 298 g/mol. The predicted octanol–water partition coefficient (Wildman–Crippen LogP) is 1.42. The quantitative estimate of drug-likeness (QED) is 0.648. The number of sulfonamides is 1. The zero-order valence-electron chi connectivity index (χ0n) is 11.9. The number of hydrazine groups is 1. The maximum Gasteiger partial charge on any atom is 0.244 e. The summed E-state index contributed by atoms with van der Waals surface area (Å²) in [7, 11) is -3.43. The molecule has 0 spiro atoms. The van der Waals surface area contributed by atoms with Crippen molar-refractivity contribution in [2.75, 3.05) is 18.5 Å². The number of pyridine rings is 1. The van der Waals surface area contributed by atoms with Gasteiger partial charge in [0.15, 0.2) is 0 Å². The van der Waals surface area contributed by atoms with Gasteiger partial charge in [0.05, 0.1) is 0 Å². The standard InChI is InChI=1S/C13H22N4O2S/c1-10(2)11-5-7-17(8-6-11)20(18,19)12-3-4-13(16-14)15-9-12/h3-4,9-11H,5-8,14H2,1-2H3,(H,15,16). The van der Waals surface area contributed by atoms with E-state index in [1.807, 2.05) is 0 Å². The van der Waals surface area contributed by atoms with E-state index in [4.69, 9.17) is 5.84 Å². The smallest absolute Gasteiger partial charge is 0.244 e. The molecule has 6 nitrogen and oxygen atoms in total. The van der Waals surface area contributed by atoms with Gasteiger partial charge in [0.1, 0.15) is 10.7 Å². The highest BCUT2D eigenvalue weighted by molar-refractivity contribution is 7.89. The number of anilines is 1. The van der Waals surface area contributed by atoms with Gasteiger partial charge in [-0.3, -0.25) is 0 Å². The molecule has 0 bridgehead atoms. The van der Waals surface area contributed by atoms with Crippen molar-refractivity contribution in [1.82, 2.24) is 9.29 Å². The van der Waals surface area contributed by atoms with Crippen LogP contribution in [0.3, 0.4) is 0 Å². The third-order valence-electron chi connectivity index (χ3n) is 3.96. The van der Waals surface area contributed by atoms with Gasteiger partial charge >= 0.3 is 0 Å². The number of nitrogen functional groups attached to an aromatic ring is 1. The van der Waals surface area contributed by atoms with Gasteiger partial charge in [-0.2, -0.15) is 4.31 Å². The van der Waals surface area contributed by atoms with Gasteiger partial charge in [0.25, 0.3) is 0 Å². The van der Waals surface area contributed by atoms with Crippen LogP contribution in [0.1, 0.15) is 26.7 Å². The first-order valence-corrected chi connectivity index (χ1v) is 8.32. The summed E-state index contributed by atoms with van der Waals surface area (Å²) in [4.78, 5) is 4.18. The number of aromatic nitrogens is 1. The van der Waals surface area contributed by atoms with Crippen molar-refractivity contribution in [3.05, 3.63) is 18.3 Å². The van der Waals surface area contributed by atoms with Crippen molar-refractivity contribution in [3.8, 4) is 0 Å². The van der Waals surface area contributed by atoms with Gasteiger partial charge in [-0.25, -0.2) is 19.2 Å². The van der Waals surface area contributed by atoms with Gasteiger partial charge in [-0.05, 0) is 36.8 Å². The Labute approximate surface area is 120 Å². The SMILES string of the molecule is CC(C)C1CCN(S(=O)(=O)c2ccc(NN)nc2)CC1. The number of nitrogens with one attached hydrogen (secondary N) is 1. The van der Waals surface area contributed by atoms with Crippen molar-refractivity contribution >= 4 is 15.8 Å². The number of hydrogen-bond donors (Lipinski definition) is 2. The molecule has 1 aliphatic rings. The maximum atomic E-state index is 12.5. The maximum absolute atomic E-state index is 12.5. The average Bonchev–Trinajstić information content (AvgIpc) is 2.47. The highest BCUT2D eigenvalue weighted by atomic mass is 32.2. The molecule has 0 aliphatic carbocycles. The molecular formula is C13H22N4O2S. The molecule has 0 saturated carbocycles. The highest BCUT2D eigenvalue weighted by Gasteiger charge is 2.30. The molecule has 0 unspecified atom stereocenters. The lowest BCUT2D eigenvalue weighted by Gasteiger charge is -2.33. The lowest BCUT2D eigenvalue weighted by Crippen LogP contribution is -2.39. The molecule has 0 radical (unpaired) electrons. The molecule has 1 aliphatic heterocycles. The summed E-state index contributed by atoms with van der Waals surface area (Å²) in [6.45, 7) is 5.55. The minimum absolute atomic E-state index is 0.222. The number of nitrogens with zero attached hydrogens (tertiary/aromatic N) is 2. The second-order valence-corrected chi connectivity index (χ2v) is 7.45. The fourth-order valence-electron chi connectivity index (χ4n) is 2.55. The molecule has 1 fully saturated rings. The summed E-state index contributed by atoms with van der Waals surface area (Å²) in [5.41, 5.74) is 2.38. The molecule has 1 saturated heterocycles. The Hall–Kier alpha value is -1.18. The van der Waals surface area contributed by atoms with Gasteiger partial charge in [0, 0.05) is 19.3 Å². The van der Waals surface area contributed by atoms with Crippen molar-refractivity contribution < 1.29 is 8.42 Å². The van der Waals surface area contributed by atoms with Crippen molar-refractivity contribution in [2.24, 2.45) is 17.7 Å². The molecule has 0 amide bonds. The van der Waals surface area contributed by atoms with Crippen LogP contribution in [0.5, 0.6) is 0 Å². The largest absolute Gasteiger partial charge is 0.308 e. The Bertz CT molecular complexity index is 534. The fourth-order valence-corrected chi connectivity index (χ4v) is 3.97. The highest BCUT2D eigenvalue weighted by Crippen LogP contribution is 2.28. The molecule has 2 rings (SSSR count). The molecule has 0 aromatic carbocycles. The first-order chi connectivity index (χ1) is 9.45. The minimum atomic E-state index is -3.43. The van der Waals surface area contributed by atoms with E-state index in [2.05, 4.69) is 24.3 Å². The van der Waals surface area contributed by atoms with Crippen LogP contribution in [0.25, 0.3) is 0 Å². The first kappa shape index (κ1) is 15.2. The predicted molar refractivity (Wildman–Crippen MR) is 78.4 cm³/mol. The number of piperidine rings is 1. The molecule has 1 aromatic heterocycles. The summed E-state index contributed by atoms with van der Waals surface area (Å²) < 4.78 is 26.5. The van der Waals surface area contributed by atoms with Crippen LogP contribution in [0.4, 0.5) is 5.82 Å². The first-order valence-electron chi connectivity index (χ1n) is 6.88. The van der Waals surface area contributed by atoms with Crippen molar-refractivity contribution in [2.45, 2.75) is 31.6 Å². The van der Waals surface area contributed by atoms with E-state index < -0.39 is 10.0 Å². The van der Waals surface area contributed by atoms with Crippen molar-refractivity contribution in [1.29, 1.82) is 0 Å². The molecule has 20 heavy (non-hydrogen) atoms. The number of hydrogen-bond acceptors (Lipinski definition) is 5. The van der Waals surface area contributed by atoms with Gasteiger partial charge in [-0.1, -0.05) is 13.8 Å². The Balaban J connectivity index is 2.11. The van der Waals surface area contributed by atoms with E-state index in [1.165, 1.54) is 12.3 Å². The van der Waals surface area contributed by atoms with E-state index in [0.717, 1.165) is 12.8 Å². The van der Waals surface area contributed by atoms with Crippen LogP contribution in [0.2, 0.25) is 0 Å². The van der Waals surface area contributed by atoms with Crippen LogP contribution in [-0.2, 0) is 10.0 Å². The zero-order valence-corrected chi connectivity index (χ0v) is 12.7. The second-order valence-electron chi connectivity index (χ2n) is 5.51. The third-order valence-corrected chi connectivity index (χ3v) is 5.85. The van der Waals surface area contributed by atoms with Crippen LogP contribution in [0.15, 0.2) is 23.2 Å². The van der Waals surface area contributed by atoms with Gasteiger partial charge < -0.3 is 5.43 Å². The Morgan fingerprint density at radius 3 is 2.45 bits per heavy atom. The summed E-state index contributed by atoms with van der Waals surface area (Å²) >= 11 is 0. The molecule has 7 heteroatoms. The van der Waals surface area contributed by atoms with Crippen LogP contribution in [-0.4, -0.2) is 30.8 Å². The van der Waals surface area contributed by atoms with E-state index in [1.54, 1.807) is 10.4 Å². The number of nitrogens with two attached hydrogens (primary N) is 1. The van der Waals surface area contributed by atoms with Gasteiger partial charge in [-0.15, -0.1) is 0 Å². The Morgan fingerprint density at radius 1 is 1.35 bits per heavy atom. The molecular weight excluding hydrogens is 276 g/mol. The van der Waals surface area contributed by atoms with Gasteiger partial charge in [0.2, 0.25) is 10.0 Å². The summed E-state index contributed by atoms with van der Waals surface area (Å²) in [6, 6.07) is 3.10. The van der Waals surface area contributed by atoms with E-state index >= 15 is 0 Å². The van der Waals surface area contributed by atoms with Crippen molar-refractivity contribution in [3.63, 3.8) is 0 Å². The van der Waals surface area contributed by atoms with Crippen LogP contribution in [0, 0.1) is 11.8 Å². The Kier molecular flexibility index (Phi) is 4.62. The molecule has 0 atom stereocenters. The molecule has 1 aromatic rings. The zero-order chi connectivity index (χ0) is 14.8. The summed E-state index contributed by atoms with van der Waals surface area (Å²) in [5, 5.41) is 0. The average molecular weight is 298 g/mol. The second kappa shape index (κ2) is 6.07. The molecule has 112 valence electrons. The topological polar surface area (TPSA) is 88.3 Å². The van der Waals surface area contributed by atoms with Crippen LogP contribution >= 0.6 is 0 Å². The summed E-state index contributed by atoms with van der Waals surface area (Å²) in [5.74, 6) is 6.89. The van der Waals surface area contributed by atoms with E-state index in [-0.39, 0.29) is 4.90 Å². The summed E-state index contributed by atoms with van der Waals surface area (Å²) in [6.07, 6.45) is 3.19. The van der Waals surface area contributed by atoms with E-state index in [0.29, 0.717) is 30.7 Å². The van der Waals surface area contributed by atoms with E-state index in [9.17, 15) is 8.42 Å². The third kappa shape index (κ3) is 3.11. The lowest BCUT2D eigenvalue weighted by molar-refractivity contribution is 0.226. The molecule has 3 N–H and O–H groups in total. The normalized spacial score (nSPS) is 18.4. The number of rotatable bonds is 4. The molecule has 2 heterocycles. The lowest BCUT2D eigenvalue weighted by atomic mass is 9.87. The fraction of sp³-hybridized carbons (Fsp3) is 0.615. The van der Waals surface area contributed by atoms with Crippen LogP contribution < -0.4 is 11.3 Å².